The van der Waals surface area contributed by atoms with Gasteiger partial charge in [0.2, 0.25) is 5.91 Å². The van der Waals surface area contributed by atoms with Crippen LogP contribution in [-0.2, 0) is 9.59 Å². The molecule has 20 heavy (non-hydrogen) atoms. The Hall–Kier alpha value is -1.91. The Labute approximate surface area is 118 Å². The highest BCUT2D eigenvalue weighted by atomic mass is 19.1. The van der Waals surface area contributed by atoms with E-state index >= 15 is 0 Å². The van der Waals surface area contributed by atoms with E-state index in [0.29, 0.717) is 11.3 Å². The zero-order chi connectivity index (χ0) is 15.1. The van der Waals surface area contributed by atoms with E-state index < -0.39 is 6.04 Å². The summed E-state index contributed by atoms with van der Waals surface area (Å²) in [7, 11) is 0. The van der Waals surface area contributed by atoms with Crippen molar-refractivity contribution in [1.29, 1.82) is 0 Å². The first kappa shape index (κ1) is 14.5. The molecule has 0 radical (unpaired) electrons. The minimum absolute atomic E-state index is 0.0299. The summed E-state index contributed by atoms with van der Waals surface area (Å²) in [5, 5.41) is 2.73. The van der Waals surface area contributed by atoms with E-state index in [9.17, 15) is 14.0 Å². The number of halogens is 1. The van der Waals surface area contributed by atoms with Crippen LogP contribution in [0.25, 0.3) is 0 Å². The largest absolute Gasteiger partial charge is 0.342 e. The molecule has 1 fully saturated rings. The number of hydrogen-bond donors (Lipinski definition) is 1. The Morgan fingerprint density at radius 2 is 1.95 bits per heavy atom. The van der Waals surface area contributed by atoms with Gasteiger partial charge in [0.1, 0.15) is 18.4 Å². The number of carbonyl (C=O) groups excluding carboxylic acids is 2. The zero-order valence-corrected chi connectivity index (χ0v) is 12.2. The molecule has 1 unspecified atom stereocenters. The first-order chi connectivity index (χ1) is 9.20. The van der Waals surface area contributed by atoms with Gasteiger partial charge < -0.3 is 10.2 Å². The smallest absolute Gasteiger partial charge is 0.250 e. The molecular weight excluding hydrogens is 259 g/mol. The minimum Gasteiger partial charge on any atom is -0.342 e. The van der Waals surface area contributed by atoms with Crippen LogP contribution in [0, 0.1) is 18.2 Å². The van der Waals surface area contributed by atoms with E-state index in [1.54, 1.807) is 13.0 Å². The SMILES string of the molecule is Cc1cc(F)ccc1N1CC(=O)NC(C(C)(C)C)C1=O. The Bertz CT molecular complexity index is 563. The molecular formula is C15H19FN2O2. The van der Waals surface area contributed by atoms with Crippen LogP contribution in [0.4, 0.5) is 10.1 Å². The molecule has 0 spiro atoms. The Morgan fingerprint density at radius 3 is 2.50 bits per heavy atom. The fourth-order valence-electron chi connectivity index (χ4n) is 2.36. The topological polar surface area (TPSA) is 49.4 Å². The molecule has 0 aliphatic carbocycles. The molecule has 1 saturated heterocycles. The summed E-state index contributed by atoms with van der Waals surface area (Å²) in [6.45, 7) is 7.40. The monoisotopic (exact) mass is 278 g/mol. The predicted molar refractivity (Wildman–Crippen MR) is 74.9 cm³/mol. The molecule has 1 aliphatic heterocycles. The molecule has 2 amide bonds. The third kappa shape index (κ3) is 2.66. The summed E-state index contributed by atoms with van der Waals surface area (Å²) in [5.74, 6) is -0.715. The van der Waals surface area contributed by atoms with Crippen molar-refractivity contribution in [1.82, 2.24) is 5.32 Å². The maximum atomic E-state index is 13.2. The molecule has 1 atom stereocenters. The van der Waals surface area contributed by atoms with Crippen molar-refractivity contribution in [2.24, 2.45) is 5.41 Å². The van der Waals surface area contributed by atoms with Crippen molar-refractivity contribution in [3.05, 3.63) is 29.6 Å². The van der Waals surface area contributed by atoms with Crippen LogP contribution in [-0.4, -0.2) is 24.4 Å². The van der Waals surface area contributed by atoms with Gasteiger partial charge in [0.25, 0.3) is 5.91 Å². The highest BCUT2D eigenvalue weighted by Crippen LogP contribution is 2.28. The summed E-state index contributed by atoms with van der Waals surface area (Å²) < 4.78 is 13.2. The van der Waals surface area contributed by atoms with Crippen LogP contribution >= 0.6 is 0 Å². The minimum atomic E-state index is -0.576. The molecule has 1 heterocycles. The fraction of sp³-hybridized carbons (Fsp3) is 0.467. The zero-order valence-electron chi connectivity index (χ0n) is 12.2. The summed E-state index contributed by atoms with van der Waals surface area (Å²) in [6, 6.07) is 3.63. The van der Waals surface area contributed by atoms with Crippen LogP contribution < -0.4 is 10.2 Å². The van der Waals surface area contributed by atoms with Gasteiger partial charge >= 0.3 is 0 Å². The maximum absolute atomic E-state index is 13.2. The van der Waals surface area contributed by atoms with Crippen LogP contribution in [0.5, 0.6) is 0 Å². The molecule has 1 aromatic rings. The highest BCUT2D eigenvalue weighted by molar-refractivity contribution is 6.07. The number of carbonyl (C=O) groups is 2. The van der Waals surface area contributed by atoms with Gasteiger partial charge in [-0.1, -0.05) is 20.8 Å². The summed E-state index contributed by atoms with van der Waals surface area (Å²) >= 11 is 0. The van der Waals surface area contributed by atoms with Crippen molar-refractivity contribution < 1.29 is 14.0 Å². The number of piperazine rings is 1. The van der Waals surface area contributed by atoms with Crippen molar-refractivity contribution in [2.75, 3.05) is 11.4 Å². The standard InChI is InChI=1S/C15H19FN2O2/c1-9-7-10(16)5-6-11(9)18-8-12(19)17-13(14(18)20)15(2,3)4/h5-7,13H,8H2,1-4H3,(H,17,19). The molecule has 1 aliphatic rings. The predicted octanol–water partition coefficient (Wildman–Crippen LogP) is 2.01. The lowest BCUT2D eigenvalue weighted by molar-refractivity contribution is -0.133. The van der Waals surface area contributed by atoms with Gasteiger partial charge in [-0.15, -0.1) is 0 Å². The van der Waals surface area contributed by atoms with Crippen molar-refractivity contribution in [2.45, 2.75) is 33.7 Å². The van der Waals surface area contributed by atoms with Crippen LogP contribution in [0.1, 0.15) is 26.3 Å². The van der Waals surface area contributed by atoms with Gasteiger partial charge in [-0.2, -0.15) is 0 Å². The number of nitrogens with one attached hydrogen (secondary N) is 1. The van der Waals surface area contributed by atoms with E-state index in [2.05, 4.69) is 5.32 Å². The lowest BCUT2D eigenvalue weighted by Gasteiger charge is -2.39. The fourth-order valence-corrected chi connectivity index (χ4v) is 2.36. The van der Waals surface area contributed by atoms with Crippen molar-refractivity contribution in [3.8, 4) is 0 Å². The third-order valence-electron chi connectivity index (χ3n) is 3.44. The first-order valence-corrected chi connectivity index (χ1v) is 6.57. The second-order valence-electron chi connectivity index (χ2n) is 6.22. The maximum Gasteiger partial charge on any atom is 0.250 e. The Balaban J connectivity index is 2.40. The van der Waals surface area contributed by atoms with Crippen LogP contribution in [0.15, 0.2) is 18.2 Å². The Kier molecular flexibility index (Phi) is 3.54. The van der Waals surface area contributed by atoms with Crippen LogP contribution in [0.3, 0.4) is 0 Å². The quantitative estimate of drug-likeness (QED) is 0.854. The molecule has 5 heteroatoms. The Morgan fingerprint density at radius 1 is 1.30 bits per heavy atom. The van der Waals surface area contributed by atoms with Gasteiger partial charge in [0.05, 0.1) is 0 Å². The molecule has 1 N–H and O–H groups in total. The molecule has 0 bridgehead atoms. The molecule has 4 nitrogen and oxygen atoms in total. The van der Waals surface area contributed by atoms with E-state index in [4.69, 9.17) is 0 Å². The number of aryl methyl sites for hydroxylation is 1. The van der Waals surface area contributed by atoms with Crippen molar-refractivity contribution in [3.63, 3.8) is 0 Å². The second kappa shape index (κ2) is 4.89. The van der Waals surface area contributed by atoms with Gasteiger partial charge in [-0.25, -0.2) is 4.39 Å². The number of nitrogens with zero attached hydrogens (tertiary/aromatic N) is 1. The van der Waals surface area contributed by atoms with Gasteiger partial charge in [0.15, 0.2) is 0 Å². The van der Waals surface area contributed by atoms with E-state index in [1.165, 1.54) is 17.0 Å². The number of anilines is 1. The van der Waals surface area contributed by atoms with E-state index in [-0.39, 0.29) is 29.6 Å². The van der Waals surface area contributed by atoms with Crippen molar-refractivity contribution >= 4 is 17.5 Å². The number of amides is 2. The molecule has 2 rings (SSSR count). The first-order valence-electron chi connectivity index (χ1n) is 6.57. The molecule has 108 valence electrons. The summed E-state index contributed by atoms with van der Waals surface area (Å²) in [4.78, 5) is 25.9. The van der Waals surface area contributed by atoms with E-state index in [1.807, 2.05) is 20.8 Å². The summed E-state index contributed by atoms with van der Waals surface area (Å²) in [6.07, 6.45) is 0. The van der Waals surface area contributed by atoms with E-state index in [0.717, 1.165) is 0 Å². The van der Waals surface area contributed by atoms with Crippen LogP contribution in [0.2, 0.25) is 0 Å². The molecule has 0 saturated carbocycles. The average molecular weight is 278 g/mol. The number of benzene rings is 1. The molecule has 1 aromatic carbocycles. The van der Waals surface area contributed by atoms with Gasteiger partial charge in [-0.05, 0) is 36.1 Å². The number of rotatable bonds is 1. The third-order valence-corrected chi connectivity index (χ3v) is 3.44. The second-order valence-corrected chi connectivity index (χ2v) is 6.22. The lowest BCUT2D eigenvalue weighted by Crippen LogP contribution is -2.62. The van der Waals surface area contributed by atoms with Gasteiger partial charge in [-0.3, -0.25) is 9.59 Å². The number of hydrogen-bond acceptors (Lipinski definition) is 2. The van der Waals surface area contributed by atoms with Gasteiger partial charge in [0, 0.05) is 5.69 Å². The highest BCUT2D eigenvalue weighted by Gasteiger charge is 2.40. The lowest BCUT2D eigenvalue weighted by atomic mass is 9.84. The summed E-state index contributed by atoms with van der Waals surface area (Å²) in [5.41, 5.74) is 0.848. The average Bonchev–Trinajstić information content (AvgIpc) is 2.31. The molecule has 0 aromatic heterocycles. The normalized spacial score (nSPS) is 20.1.